The molecule has 0 aliphatic rings. The second kappa shape index (κ2) is 10.8. The number of nitrogens with zero attached hydrogens (tertiary/aromatic N) is 3. The summed E-state index contributed by atoms with van der Waals surface area (Å²) in [6.45, 7) is -0.185. The topological polar surface area (TPSA) is 113 Å². The van der Waals surface area contributed by atoms with E-state index in [1.54, 1.807) is 0 Å². The lowest BCUT2D eigenvalue weighted by molar-refractivity contribution is -0.134. The summed E-state index contributed by atoms with van der Waals surface area (Å²) in [5.41, 5.74) is 0.0982. The number of nitriles is 2. The first-order valence-electron chi connectivity index (χ1n) is 7.58. The summed E-state index contributed by atoms with van der Waals surface area (Å²) in [7, 11) is 2.81. The van der Waals surface area contributed by atoms with Crippen molar-refractivity contribution in [1.82, 2.24) is 4.90 Å². The van der Waals surface area contributed by atoms with Crippen molar-refractivity contribution < 1.29 is 23.8 Å². The average molecular weight is 380 g/mol. The smallest absolute Gasteiger partial charge is 0.338 e. The maximum Gasteiger partial charge on any atom is 0.338 e. The van der Waals surface area contributed by atoms with Gasteiger partial charge in [-0.3, -0.25) is 4.79 Å². The molecule has 0 fully saturated rings. The van der Waals surface area contributed by atoms with Crippen LogP contribution in [0, 0.1) is 22.7 Å². The van der Waals surface area contributed by atoms with E-state index in [9.17, 15) is 9.59 Å². The van der Waals surface area contributed by atoms with Crippen molar-refractivity contribution in [2.24, 2.45) is 0 Å². The number of carbonyl (C=O) groups is 2. The quantitative estimate of drug-likeness (QED) is 0.604. The Labute approximate surface area is 156 Å². The number of benzene rings is 1. The van der Waals surface area contributed by atoms with E-state index in [4.69, 9.17) is 36.3 Å². The third-order valence-corrected chi connectivity index (χ3v) is 3.62. The maximum absolute atomic E-state index is 12.2. The number of esters is 1. The summed E-state index contributed by atoms with van der Waals surface area (Å²) in [4.78, 5) is 25.6. The largest absolute Gasteiger partial charge is 0.493 e. The predicted octanol–water partition coefficient (Wildman–Crippen LogP) is 2.17. The van der Waals surface area contributed by atoms with Crippen molar-refractivity contribution in [2.45, 2.75) is 12.8 Å². The molecule has 26 heavy (non-hydrogen) atoms. The van der Waals surface area contributed by atoms with E-state index in [2.05, 4.69) is 0 Å². The fraction of sp³-hybridized carbons (Fsp3) is 0.412. The Hall–Kier alpha value is -2.97. The Kier molecular flexibility index (Phi) is 8.76. The number of hydrogen-bond acceptors (Lipinski definition) is 7. The number of ether oxygens (including phenoxy) is 3. The van der Waals surface area contributed by atoms with Crippen molar-refractivity contribution in [3.63, 3.8) is 0 Å². The van der Waals surface area contributed by atoms with Crippen LogP contribution in [0.4, 0.5) is 0 Å². The van der Waals surface area contributed by atoms with Crippen molar-refractivity contribution in [1.29, 1.82) is 10.5 Å². The number of rotatable bonds is 9. The van der Waals surface area contributed by atoms with Crippen LogP contribution in [0.2, 0.25) is 5.02 Å². The molecular weight excluding hydrogens is 362 g/mol. The monoisotopic (exact) mass is 379 g/mol. The molecule has 0 aliphatic heterocycles. The molecule has 138 valence electrons. The second-order valence-electron chi connectivity index (χ2n) is 4.97. The molecule has 0 atom stereocenters. The van der Waals surface area contributed by atoms with Crippen LogP contribution in [-0.4, -0.2) is 50.7 Å². The Balaban J connectivity index is 2.78. The highest BCUT2D eigenvalue weighted by molar-refractivity contribution is 6.32. The van der Waals surface area contributed by atoms with Gasteiger partial charge < -0.3 is 19.1 Å². The van der Waals surface area contributed by atoms with Gasteiger partial charge in [0.1, 0.15) is 0 Å². The molecule has 1 aromatic carbocycles. The zero-order valence-electron chi connectivity index (χ0n) is 14.5. The standard InChI is InChI=1S/C17H18ClN3O5/c1-24-14-10-12(9-13(18)16(14)25-2)17(23)26-11-15(22)21(7-3-5-19)8-4-6-20/h9-10H,3-4,7-8,11H2,1-2H3. The molecule has 0 saturated carbocycles. The first kappa shape index (κ1) is 21.1. The molecule has 1 aromatic rings. The average Bonchev–Trinajstić information content (AvgIpc) is 2.65. The summed E-state index contributed by atoms with van der Waals surface area (Å²) >= 11 is 6.04. The van der Waals surface area contributed by atoms with Gasteiger partial charge in [0.05, 0.1) is 49.8 Å². The van der Waals surface area contributed by atoms with E-state index in [0.29, 0.717) is 0 Å². The van der Waals surface area contributed by atoms with Crippen LogP contribution in [0.5, 0.6) is 11.5 Å². The van der Waals surface area contributed by atoms with E-state index in [1.165, 1.54) is 31.3 Å². The first-order valence-corrected chi connectivity index (χ1v) is 7.96. The summed E-state index contributed by atoms with van der Waals surface area (Å²) in [5, 5.41) is 17.4. The molecule has 8 nitrogen and oxygen atoms in total. The maximum atomic E-state index is 12.2. The number of carbonyl (C=O) groups excluding carboxylic acids is 2. The van der Waals surface area contributed by atoms with Crippen molar-refractivity contribution in [3.8, 4) is 23.6 Å². The van der Waals surface area contributed by atoms with E-state index < -0.39 is 18.5 Å². The van der Waals surface area contributed by atoms with E-state index in [-0.39, 0.29) is 48.0 Å². The van der Waals surface area contributed by atoms with Crippen LogP contribution in [0.3, 0.4) is 0 Å². The van der Waals surface area contributed by atoms with Crippen molar-refractivity contribution >= 4 is 23.5 Å². The summed E-state index contributed by atoms with van der Waals surface area (Å²) in [6, 6.07) is 6.59. The van der Waals surface area contributed by atoms with Gasteiger partial charge in [0.2, 0.25) is 0 Å². The molecule has 9 heteroatoms. The molecule has 0 aromatic heterocycles. The number of hydrogen-bond donors (Lipinski definition) is 0. The van der Waals surface area contributed by atoms with Gasteiger partial charge in [-0.2, -0.15) is 10.5 Å². The third-order valence-electron chi connectivity index (χ3n) is 3.34. The summed E-state index contributed by atoms with van der Waals surface area (Å²) in [5.74, 6) is -0.721. The minimum Gasteiger partial charge on any atom is -0.493 e. The van der Waals surface area contributed by atoms with Gasteiger partial charge in [0, 0.05) is 13.1 Å². The van der Waals surface area contributed by atoms with Gasteiger partial charge in [0.25, 0.3) is 5.91 Å². The molecule has 0 radical (unpaired) electrons. The zero-order valence-corrected chi connectivity index (χ0v) is 15.2. The van der Waals surface area contributed by atoms with Crippen molar-refractivity contribution in [3.05, 3.63) is 22.7 Å². The predicted molar refractivity (Wildman–Crippen MR) is 91.9 cm³/mol. The highest BCUT2D eigenvalue weighted by Gasteiger charge is 2.19. The van der Waals surface area contributed by atoms with E-state index >= 15 is 0 Å². The fourth-order valence-electron chi connectivity index (χ4n) is 2.07. The minimum atomic E-state index is -0.762. The lowest BCUT2D eigenvalue weighted by Crippen LogP contribution is -2.36. The second-order valence-corrected chi connectivity index (χ2v) is 5.37. The van der Waals surface area contributed by atoms with Crippen LogP contribution < -0.4 is 9.47 Å². The summed E-state index contributed by atoms with van der Waals surface area (Å²) < 4.78 is 15.2. The first-order chi connectivity index (χ1) is 12.5. The minimum absolute atomic E-state index is 0.0982. The van der Waals surface area contributed by atoms with Crippen LogP contribution in [-0.2, 0) is 9.53 Å². The lowest BCUT2D eigenvalue weighted by atomic mass is 10.2. The van der Waals surface area contributed by atoms with E-state index in [0.717, 1.165) is 0 Å². The van der Waals surface area contributed by atoms with Gasteiger partial charge in [-0.15, -0.1) is 0 Å². The van der Waals surface area contributed by atoms with Gasteiger partial charge >= 0.3 is 5.97 Å². The number of amides is 1. The zero-order chi connectivity index (χ0) is 19.5. The van der Waals surface area contributed by atoms with Crippen LogP contribution >= 0.6 is 11.6 Å². The Morgan fingerprint density at radius 3 is 2.23 bits per heavy atom. The molecule has 1 amide bonds. The Morgan fingerprint density at radius 1 is 1.12 bits per heavy atom. The SMILES string of the molecule is COc1cc(C(=O)OCC(=O)N(CCC#N)CCC#N)cc(Cl)c1OC. The Morgan fingerprint density at radius 2 is 1.73 bits per heavy atom. The van der Waals surface area contributed by atoms with Gasteiger partial charge in [0.15, 0.2) is 18.1 Å². The van der Waals surface area contributed by atoms with Gasteiger partial charge in [-0.05, 0) is 12.1 Å². The number of halogens is 1. The molecule has 0 N–H and O–H groups in total. The molecule has 0 heterocycles. The normalized spacial score (nSPS) is 9.58. The lowest BCUT2D eigenvalue weighted by Gasteiger charge is -2.20. The third kappa shape index (κ3) is 5.83. The van der Waals surface area contributed by atoms with Crippen LogP contribution in [0.15, 0.2) is 12.1 Å². The molecule has 1 rings (SSSR count). The molecule has 0 saturated heterocycles. The highest BCUT2D eigenvalue weighted by atomic mass is 35.5. The van der Waals surface area contributed by atoms with E-state index in [1.807, 2.05) is 12.1 Å². The van der Waals surface area contributed by atoms with Crippen molar-refractivity contribution in [2.75, 3.05) is 33.9 Å². The molecule has 0 aliphatic carbocycles. The summed E-state index contributed by atoms with van der Waals surface area (Å²) in [6.07, 6.45) is 0.243. The Bertz CT molecular complexity index is 721. The molecule has 0 unspecified atom stereocenters. The molecular formula is C17H18ClN3O5. The molecule has 0 spiro atoms. The van der Waals surface area contributed by atoms with Crippen LogP contribution in [0.1, 0.15) is 23.2 Å². The molecule has 0 bridgehead atoms. The fourth-order valence-corrected chi connectivity index (χ4v) is 2.36. The van der Waals surface area contributed by atoms with Gasteiger partial charge in [-0.25, -0.2) is 4.79 Å². The number of methoxy groups -OCH3 is 2. The van der Waals surface area contributed by atoms with Crippen LogP contribution in [0.25, 0.3) is 0 Å². The highest BCUT2D eigenvalue weighted by Crippen LogP contribution is 2.36. The van der Waals surface area contributed by atoms with Gasteiger partial charge in [-0.1, -0.05) is 11.6 Å².